The third-order valence-electron chi connectivity index (χ3n) is 3.88. The lowest BCUT2D eigenvalue weighted by Gasteiger charge is -2.14. The lowest BCUT2D eigenvalue weighted by Crippen LogP contribution is -2.05. The summed E-state index contributed by atoms with van der Waals surface area (Å²) in [7, 11) is 4.64. The minimum Gasteiger partial charge on any atom is -0.493 e. The van der Waals surface area contributed by atoms with Crippen molar-refractivity contribution in [3.05, 3.63) is 42.0 Å². The Morgan fingerprint density at radius 2 is 1.48 bits per heavy atom. The summed E-state index contributed by atoms with van der Waals surface area (Å²) < 4.78 is 16.1. The van der Waals surface area contributed by atoms with Gasteiger partial charge in [0.25, 0.3) is 0 Å². The molecule has 2 aromatic carbocycles. The van der Waals surface area contributed by atoms with E-state index in [4.69, 9.17) is 19.9 Å². The number of aromatic nitrogens is 3. The highest BCUT2D eigenvalue weighted by molar-refractivity contribution is 5.68. The van der Waals surface area contributed by atoms with Gasteiger partial charge in [-0.05, 0) is 31.2 Å². The van der Waals surface area contributed by atoms with Crippen LogP contribution >= 0.6 is 0 Å². The molecule has 3 rings (SSSR count). The van der Waals surface area contributed by atoms with Gasteiger partial charge in [0, 0.05) is 11.3 Å². The third kappa shape index (κ3) is 4.00. The fraction of sp³-hybridized carbons (Fsp3) is 0.211. The molecular formula is C19H21N5O3. The van der Waals surface area contributed by atoms with E-state index in [1.807, 2.05) is 31.2 Å². The molecule has 1 heterocycles. The molecule has 0 aliphatic rings. The Morgan fingerprint density at radius 3 is 2.04 bits per heavy atom. The molecule has 1 aromatic heterocycles. The van der Waals surface area contributed by atoms with Gasteiger partial charge in [-0.2, -0.15) is 15.0 Å². The SMILES string of the molecule is COc1cc(-c2nc(N)nc(Nc3ccc(C)cc3)n2)cc(OC)c1OC. The molecule has 3 aromatic rings. The zero-order chi connectivity index (χ0) is 19.4. The van der Waals surface area contributed by atoms with Gasteiger partial charge in [0.1, 0.15) is 0 Å². The average Bonchev–Trinajstić information content (AvgIpc) is 2.68. The number of rotatable bonds is 6. The number of aryl methyl sites for hydroxylation is 1. The van der Waals surface area contributed by atoms with E-state index in [2.05, 4.69) is 20.3 Å². The zero-order valence-electron chi connectivity index (χ0n) is 15.6. The Hall–Kier alpha value is -3.55. The molecule has 0 atom stereocenters. The van der Waals surface area contributed by atoms with Crippen LogP contribution in [0.15, 0.2) is 36.4 Å². The van der Waals surface area contributed by atoms with E-state index < -0.39 is 0 Å². The maximum atomic E-state index is 5.88. The molecule has 0 aliphatic heterocycles. The molecule has 140 valence electrons. The Kier molecular flexibility index (Phi) is 5.25. The van der Waals surface area contributed by atoms with Gasteiger partial charge in [0.05, 0.1) is 21.3 Å². The predicted octanol–water partition coefficient (Wildman–Crippen LogP) is 3.20. The average molecular weight is 367 g/mol. The molecule has 0 aliphatic carbocycles. The van der Waals surface area contributed by atoms with Crippen molar-refractivity contribution >= 4 is 17.6 Å². The maximum absolute atomic E-state index is 5.88. The monoisotopic (exact) mass is 367 g/mol. The molecular weight excluding hydrogens is 346 g/mol. The number of ether oxygens (including phenoxy) is 3. The van der Waals surface area contributed by atoms with Crippen LogP contribution < -0.4 is 25.3 Å². The first-order valence-corrected chi connectivity index (χ1v) is 8.19. The molecule has 0 radical (unpaired) electrons. The van der Waals surface area contributed by atoms with Crippen molar-refractivity contribution in [3.63, 3.8) is 0 Å². The summed E-state index contributed by atoms with van der Waals surface area (Å²) in [5.74, 6) is 2.32. The van der Waals surface area contributed by atoms with Gasteiger partial charge in [0.2, 0.25) is 17.6 Å². The summed E-state index contributed by atoms with van der Waals surface area (Å²) in [6.45, 7) is 2.02. The number of hydrogen-bond donors (Lipinski definition) is 2. The van der Waals surface area contributed by atoms with Crippen molar-refractivity contribution in [1.29, 1.82) is 0 Å². The topological polar surface area (TPSA) is 104 Å². The second-order valence-electron chi connectivity index (χ2n) is 5.75. The highest BCUT2D eigenvalue weighted by atomic mass is 16.5. The number of benzene rings is 2. The summed E-state index contributed by atoms with van der Waals surface area (Å²) in [6, 6.07) is 11.4. The van der Waals surface area contributed by atoms with E-state index in [1.165, 1.54) is 0 Å². The lowest BCUT2D eigenvalue weighted by atomic mass is 10.1. The highest BCUT2D eigenvalue weighted by Gasteiger charge is 2.16. The summed E-state index contributed by atoms with van der Waals surface area (Å²) in [6.07, 6.45) is 0. The van der Waals surface area contributed by atoms with Crippen LogP contribution in [0, 0.1) is 6.92 Å². The van der Waals surface area contributed by atoms with Gasteiger partial charge in [-0.3, -0.25) is 0 Å². The first-order chi connectivity index (χ1) is 13.0. The van der Waals surface area contributed by atoms with Crippen LogP contribution in [0.3, 0.4) is 0 Å². The van der Waals surface area contributed by atoms with Gasteiger partial charge in [-0.1, -0.05) is 17.7 Å². The minimum absolute atomic E-state index is 0.100. The molecule has 8 heteroatoms. The second kappa shape index (κ2) is 7.77. The van der Waals surface area contributed by atoms with E-state index in [-0.39, 0.29) is 5.95 Å². The number of methoxy groups -OCH3 is 3. The van der Waals surface area contributed by atoms with Crippen LogP contribution in [0.25, 0.3) is 11.4 Å². The fourth-order valence-electron chi connectivity index (χ4n) is 2.55. The maximum Gasteiger partial charge on any atom is 0.232 e. The first kappa shape index (κ1) is 18.2. The van der Waals surface area contributed by atoms with E-state index in [9.17, 15) is 0 Å². The molecule has 0 spiro atoms. The number of nitrogens with one attached hydrogen (secondary N) is 1. The standard InChI is InChI=1S/C19H21N5O3/c1-11-5-7-13(8-6-11)21-19-23-17(22-18(20)24-19)12-9-14(25-2)16(27-4)15(10-12)26-3/h5-10H,1-4H3,(H3,20,21,22,23,24). The molecule has 0 amide bonds. The molecule has 0 fully saturated rings. The number of nitrogens with zero attached hydrogens (tertiary/aromatic N) is 3. The second-order valence-corrected chi connectivity index (χ2v) is 5.75. The smallest absolute Gasteiger partial charge is 0.232 e. The van der Waals surface area contributed by atoms with E-state index in [1.54, 1.807) is 33.5 Å². The van der Waals surface area contributed by atoms with Crippen LogP contribution in [0.4, 0.5) is 17.6 Å². The van der Waals surface area contributed by atoms with Crippen LogP contribution in [-0.2, 0) is 0 Å². The van der Waals surface area contributed by atoms with Crippen LogP contribution in [0.2, 0.25) is 0 Å². The number of nitrogen functional groups attached to an aromatic ring is 1. The molecule has 0 saturated heterocycles. The molecule has 27 heavy (non-hydrogen) atoms. The van der Waals surface area contributed by atoms with Crippen LogP contribution in [0.5, 0.6) is 17.2 Å². The van der Waals surface area contributed by atoms with Gasteiger partial charge in [-0.25, -0.2) is 0 Å². The summed E-state index contributed by atoms with van der Waals surface area (Å²) in [4.78, 5) is 12.8. The van der Waals surface area contributed by atoms with Crippen molar-refractivity contribution in [2.24, 2.45) is 0 Å². The zero-order valence-corrected chi connectivity index (χ0v) is 15.6. The van der Waals surface area contributed by atoms with Gasteiger partial charge in [-0.15, -0.1) is 0 Å². The Balaban J connectivity index is 2.02. The Labute approximate surface area is 157 Å². The molecule has 3 N–H and O–H groups in total. The summed E-state index contributed by atoms with van der Waals surface area (Å²) in [5, 5.41) is 3.13. The van der Waals surface area contributed by atoms with E-state index >= 15 is 0 Å². The van der Waals surface area contributed by atoms with Crippen molar-refractivity contribution in [1.82, 2.24) is 15.0 Å². The summed E-state index contributed by atoms with van der Waals surface area (Å²) >= 11 is 0. The van der Waals surface area contributed by atoms with E-state index in [0.717, 1.165) is 11.3 Å². The first-order valence-electron chi connectivity index (χ1n) is 8.19. The highest BCUT2D eigenvalue weighted by Crippen LogP contribution is 2.40. The van der Waals surface area contributed by atoms with Crippen molar-refractivity contribution in [3.8, 4) is 28.6 Å². The van der Waals surface area contributed by atoms with Crippen molar-refractivity contribution in [2.45, 2.75) is 6.92 Å². The normalized spacial score (nSPS) is 10.4. The molecule has 0 unspecified atom stereocenters. The predicted molar refractivity (Wildman–Crippen MR) is 104 cm³/mol. The Morgan fingerprint density at radius 1 is 0.852 bits per heavy atom. The largest absolute Gasteiger partial charge is 0.493 e. The van der Waals surface area contributed by atoms with Gasteiger partial charge in [0.15, 0.2) is 17.3 Å². The van der Waals surface area contributed by atoms with Gasteiger partial charge < -0.3 is 25.3 Å². The van der Waals surface area contributed by atoms with E-state index in [0.29, 0.717) is 34.6 Å². The molecule has 8 nitrogen and oxygen atoms in total. The fourth-order valence-corrected chi connectivity index (χ4v) is 2.55. The van der Waals surface area contributed by atoms with Gasteiger partial charge >= 0.3 is 0 Å². The number of anilines is 3. The van der Waals surface area contributed by atoms with Crippen LogP contribution in [-0.4, -0.2) is 36.3 Å². The number of nitrogens with two attached hydrogens (primary N) is 1. The van der Waals surface area contributed by atoms with Crippen molar-refractivity contribution in [2.75, 3.05) is 32.4 Å². The third-order valence-corrected chi connectivity index (χ3v) is 3.88. The molecule has 0 bridgehead atoms. The Bertz CT molecular complexity index is 920. The van der Waals surface area contributed by atoms with Crippen molar-refractivity contribution < 1.29 is 14.2 Å². The lowest BCUT2D eigenvalue weighted by molar-refractivity contribution is 0.324. The number of hydrogen-bond acceptors (Lipinski definition) is 8. The minimum atomic E-state index is 0.100. The summed E-state index contributed by atoms with van der Waals surface area (Å²) in [5.41, 5.74) is 8.55. The molecule has 0 saturated carbocycles. The quantitative estimate of drug-likeness (QED) is 0.684. The van der Waals surface area contributed by atoms with Crippen LogP contribution in [0.1, 0.15) is 5.56 Å².